The van der Waals surface area contributed by atoms with Crippen LogP contribution in [-0.2, 0) is 21.6 Å². The Morgan fingerprint density at radius 1 is 1.47 bits per heavy atom. The summed E-state index contributed by atoms with van der Waals surface area (Å²) in [7, 11) is 1.39. The summed E-state index contributed by atoms with van der Waals surface area (Å²) in [5.41, 5.74) is -0.106. The minimum atomic E-state index is -0.896. The predicted molar refractivity (Wildman–Crippen MR) is 74.8 cm³/mol. The van der Waals surface area contributed by atoms with Crippen molar-refractivity contribution in [1.82, 2.24) is 10.3 Å². The van der Waals surface area contributed by atoms with Gasteiger partial charge in [-0.3, -0.25) is 10.3 Å². The quantitative estimate of drug-likeness (QED) is 0.852. The number of carbonyl (C=O) groups excluding carboxylic acids is 1. The van der Waals surface area contributed by atoms with Crippen LogP contribution in [0.25, 0.3) is 0 Å². The number of nitrogens with one attached hydrogen (secondary N) is 1. The van der Waals surface area contributed by atoms with Crippen molar-refractivity contribution in [3.05, 3.63) is 52.5 Å². The molecule has 0 aliphatic carbocycles. The van der Waals surface area contributed by atoms with Gasteiger partial charge in [-0.15, -0.1) is 11.3 Å². The molecule has 0 aromatic carbocycles. The summed E-state index contributed by atoms with van der Waals surface area (Å²) in [4.78, 5) is 17.3. The maximum atomic E-state index is 12.1. The molecule has 0 amide bonds. The second kappa shape index (κ2) is 5.95. The number of pyridine rings is 1. The molecule has 1 atom stereocenters. The van der Waals surface area contributed by atoms with Gasteiger partial charge < -0.3 is 4.74 Å². The smallest absolute Gasteiger partial charge is 0.330 e. The van der Waals surface area contributed by atoms with Crippen LogP contribution in [0, 0.1) is 0 Å². The molecule has 2 heterocycles. The first kappa shape index (κ1) is 13.7. The number of esters is 1. The largest absolute Gasteiger partial charge is 0.467 e. The van der Waals surface area contributed by atoms with E-state index >= 15 is 0 Å². The third kappa shape index (κ3) is 3.00. The molecule has 0 aliphatic rings. The van der Waals surface area contributed by atoms with Crippen molar-refractivity contribution in [2.45, 2.75) is 19.0 Å². The number of nitrogens with zero attached hydrogens (tertiary/aromatic N) is 1. The van der Waals surface area contributed by atoms with Crippen molar-refractivity contribution in [3.63, 3.8) is 0 Å². The van der Waals surface area contributed by atoms with Crippen LogP contribution in [0.1, 0.15) is 17.4 Å². The van der Waals surface area contributed by atoms with Gasteiger partial charge in [0.2, 0.25) is 0 Å². The molecular weight excluding hydrogens is 260 g/mol. The Morgan fingerprint density at radius 3 is 2.89 bits per heavy atom. The number of rotatable bonds is 5. The highest BCUT2D eigenvalue weighted by Gasteiger charge is 2.36. The van der Waals surface area contributed by atoms with Gasteiger partial charge in [0.05, 0.1) is 7.11 Å². The van der Waals surface area contributed by atoms with E-state index in [4.69, 9.17) is 4.74 Å². The fraction of sp³-hybridized carbons (Fsp3) is 0.286. The molecule has 0 radical (unpaired) electrons. The van der Waals surface area contributed by atoms with E-state index in [1.807, 2.05) is 36.6 Å². The standard InChI is InChI=1S/C14H16N2O2S/c1-14(13(17)18-2,11-5-3-7-15-9-11)16-10-12-6-4-8-19-12/h3-9,16H,10H2,1-2H3. The van der Waals surface area contributed by atoms with Gasteiger partial charge in [-0.25, -0.2) is 4.79 Å². The van der Waals surface area contributed by atoms with E-state index in [-0.39, 0.29) is 5.97 Å². The van der Waals surface area contributed by atoms with Gasteiger partial charge in [0, 0.05) is 29.4 Å². The van der Waals surface area contributed by atoms with E-state index in [1.165, 1.54) is 12.0 Å². The van der Waals surface area contributed by atoms with E-state index < -0.39 is 5.54 Å². The SMILES string of the molecule is COC(=O)C(C)(NCc1cccs1)c1cccnc1. The summed E-state index contributed by atoms with van der Waals surface area (Å²) in [5.74, 6) is -0.322. The topological polar surface area (TPSA) is 51.2 Å². The highest BCUT2D eigenvalue weighted by molar-refractivity contribution is 7.09. The van der Waals surface area contributed by atoms with Gasteiger partial charge >= 0.3 is 5.97 Å². The molecule has 2 rings (SSSR count). The van der Waals surface area contributed by atoms with Crippen molar-refractivity contribution in [2.24, 2.45) is 0 Å². The summed E-state index contributed by atoms with van der Waals surface area (Å²) < 4.78 is 4.91. The number of carbonyl (C=O) groups is 1. The van der Waals surface area contributed by atoms with Crippen molar-refractivity contribution < 1.29 is 9.53 Å². The molecule has 2 aromatic rings. The van der Waals surface area contributed by atoms with Crippen molar-refractivity contribution in [3.8, 4) is 0 Å². The maximum absolute atomic E-state index is 12.1. The van der Waals surface area contributed by atoms with E-state index in [2.05, 4.69) is 10.3 Å². The van der Waals surface area contributed by atoms with Gasteiger partial charge in [-0.1, -0.05) is 12.1 Å². The number of aromatic nitrogens is 1. The molecule has 0 aliphatic heterocycles. The van der Waals surface area contributed by atoms with Gasteiger partial charge in [0.25, 0.3) is 0 Å². The van der Waals surface area contributed by atoms with Crippen molar-refractivity contribution in [2.75, 3.05) is 7.11 Å². The van der Waals surface area contributed by atoms with Gasteiger partial charge in [0.1, 0.15) is 5.54 Å². The first-order valence-corrected chi connectivity index (χ1v) is 6.81. The second-order valence-electron chi connectivity index (χ2n) is 4.29. The fourth-order valence-corrected chi connectivity index (χ4v) is 2.48. The zero-order valence-corrected chi connectivity index (χ0v) is 11.7. The third-order valence-electron chi connectivity index (χ3n) is 3.03. The molecule has 0 fully saturated rings. The molecule has 0 spiro atoms. The number of hydrogen-bond donors (Lipinski definition) is 1. The minimum absolute atomic E-state index is 0.322. The molecule has 0 saturated heterocycles. The molecule has 100 valence electrons. The number of ether oxygens (including phenoxy) is 1. The number of methoxy groups -OCH3 is 1. The molecule has 0 bridgehead atoms. The number of hydrogen-bond acceptors (Lipinski definition) is 5. The average Bonchev–Trinajstić information content (AvgIpc) is 2.98. The van der Waals surface area contributed by atoms with Gasteiger partial charge in [-0.05, 0) is 24.4 Å². The van der Waals surface area contributed by atoms with Gasteiger partial charge in [0.15, 0.2) is 0 Å². The average molecular weight is 276 g/mol. The summed E-state index contributed by atoms with van der Waals surface area (Å²) in [6.45, 7) is 2.42. The molecule has 2 aromatic heterocycles. The summed E-state index contributed by atoms with van der Waals surface area (Å²) in [6, 6.07) is 7.69. The zero-order chi connectivity index (χ0) is 13.7. The van der Waals surface area contributed by atoms with Gasteiger partial charge in [-0.2, -0.15) is 0 Å². The Labute approximate surface area is 116 Å². The fourth-order valence-electron chi connectivity index (χ4n) is 1.83. The molecule has 19 heavy (non-hydrogen) atoms. The third-order valence-corrected chi connectivity index (χ3v) is 3.91. The molecular formula is C14H16N2O2S. The zero-order valence-electron chi connectivity index (χ0n) is 10.9. The van der Waals surface area contributed by atoms with Crippen molar-refractivity contribution >= 4 is 17.3 Å². The highest BCUT2D eigenvalue weighted by atomic mass is 32.1. The van der Waals surface area contributed by atoms with E-state index in [1.54, 1.807) is 23.7 Å². The summed E-state index contributed by atoms with van der Waals surface area (Å²) in [6.07, 6.45) is 3.36. The van der Waals surface area contributed by atoms with Crippen LogP contribution in [0.15, 0.2) is 42.0 Å². The van der Waals surface area contributed by atoms with Crippen molar-refractivity contribution in [1.29, 1.82) is 0 Å². The lowest BCUT2D eigenvalue weighted by Crippen LogP contribution is -2.47. The van der Waals surface area contributed by atoms with Crippen LogP contribution in [-0.4, -0.2) is 18.1 Å². The van der Waals surface area contributed by atoms with Crippen LogP contribution < -0.4 is 5.32 Å². The van der Waals surface area contributed by atoms with E-state index in [9.17, 15) is 4.79 Å². The van der Waals surface area contributed by atoms with E-state index in [0.29, 0.717) is 6.54 Å². The molecule has 5 heteroatoms. The predicted octanol–water partition coefficient (Wildman–Crippen LogP) is 2.32. The molecule has 1 unspecified atom stereocenters. The normalized spacial score (nSPS) is 13.8. The Morgan fingerprint density at radius 2 is 2.32 bits per heavy atom. The lowest BCUT2D eigenvalue weighted by atomic mass is 9.93. The number of thiophene rings is 1. The monoisotopic (exact) mass is 276 g/mol. The summed E-state index contributed by atoms with van der Waals surface area (Å²) >= 11 is 1.65. The maximum Gasteiger partial charge on any atom is 0.330 e. The Bertz CT molecular complexity index is 528. The van der Waals surface area contributed by atoms with Crippen LogP contribution in [0.2, 0.25) is 0 Å². The lowest BCUT2D eigenvalue weighted by Gasteiger charge is -2.28. The van der Waals surface area contributed by atoms with Crippen LogP contribution in [0.5, 0.6) is 0 Å². The van der Waals surface area contributed by atoms with Crippen LogP contribution in [0.3, 0.4) is 0 Å². The Hall–Kier alpha value is -1.72. The molecule has 0 saturated carbocycles. The summed E-state index contributed by atoms with van der Waals surface area (Å²) in [5, 5.41) is 5.27. The Kier molecular flexibility index (Phi) is 4.29. The highest BCUT2D eigenvalue weighted by Crippen LogP contribution is 2.22. The second-order valence-corrected chi connectivity index (χ2v) is 5.32. The lowest BCUT2D eigenvalue weighted by molar-refractivity contribution is -0.148. The Balaban J connectivity index is 2.22. The molecule has 4 nitrogen and oxygen atoms in total. The first-order valence-electron chi connectivity index (χ1n) is 5.93. The molecule has 1 N–H and O–H groups in total. The van der Waals surface area contributed by atoms with Crippen LogP contribution >= 0.6 is 11.3 Å². The first-order chi connectivity index (χ1) is 9.16. The minimum Gasteiger partial charge on any atom is -0.467 e. The van der Waals surface area contributed by atoms with Crippen LogP contribution in [0.4, 0.5) is 0 Å². The van der Waals surface area contributed by atoms with E-state index in [0.717, 1.165) is 5.56 Å².